The number of nitrogens with zero attached hydrogens (tertiary/aromatic N) is 2. The van der Waals surface area contributed by atoms with Gasteiger partial charge in [-0.15, -0.1) is 0 Å². The molecule has 1 aliphatic rings. The predicted molar refractivity (Wildman–Crippen MR) is 101 cm³/mol. The molecule has 2 N–H and O–H groups in total. The molecule has 1 aliphatic heterocycles. The molecule has 0 radical (unpaired) electrons. The van der Waals surface area contributed by atoms with Crippen molar-refractivity contribution in [2.75, 3.05) is 0 Å². The SMILES string of the molecule is CC(=O)c1cc(=NC(=O)[C@@H]2OC(C)(C)[C@@H](C)[C@H]2c2ccc(F)c(F)c2O)ccn1O. The van der Waals surface area contributed by atoms with Gasteiger partial charge in [-0.25, -0.2) is 9.38 Å². The average Bonchev–Trinajstić information content (AvgIpc) is 2.91. The first-order valence-electron chi connectivity index (χ1n) is 9.30. The number of ether oxygens (including phenoxy) is 1. The number of aromatic nitrogens is 1. The van der Waals surface area contributed by atoms with Crippen LogP contribution in [0.3, 0.4) is 0 Å². The molecular formula is C21H22F2N2O5. The number of ketones is 1. The number of phenols is 1. The summed E-state index contributed by atoms with van der Waals surface area (Å²) in [6.45, 7) is 6.53. The molecule has 7 nitrogen and oxygen atoms in total. The maximum Gasteiger partial charge on any atom is 0.276 e. The number of pyridine rings is 1. The van der Waals surface area contributed by atoms with Crippen molar-refractivity contribution < 1.29 is 33.4 Å². The van der Waals surface area contributed by atoms with Gasteiger partial charge in [-0.3, -0.25) is 9.59 Å². The number of benzene rings is 1. The van der Waals surface area contributed by atoms with E-state index in [0.717, 1.165) is 6.07 Å². The van der Waals surface area contributed by atoms with Gasteiger partial charge in [0.1, 0.15) is 11.8 Å². The summed E-state index contributed by atoms with van der Waals surface area (Å²) in [7, 11) is 0. The number of phenolic OH excluding ortho intramolecular Hbond substituents is 1. The molecule has 1 aromatic carbocycles. The Balaban J connectivity index is 2.07. The molecule has 1 aromatic heterocycles. The van der Waals surface area contributed by atoms with Gasteiger partial charge < -0.3 is 15.1 Å². The van der Waals surface area contributed by atoms with E-state index in [-0.39, 0.29) is 22.5 Å². The Bertz CT molecular complexity index is 1090. The van der Waals surface area contributed by atoms with Crippen molar-refractivity contribution in [1.29, 1.82) is 0 Å². The molecular weight excluding hydrogens is 398 g/mol. The second-order valence-corrected chi connectivity index (χ2v) is 7.88. The number of carbonyl (C=O) groups excluding carboxylic acids is 2. The number of rotatable bonds is 3. The second kappa shape index (κ2) is 7.64. The number of carbonyl (C=O) groups is 2. The lowest BCUT2D eigenvalue weighted by atomic mass is 9.78. The molecule has 3 rings (SSSR count). The minimum atomic E-state index is -1.39. The Hall–Kier alpha value is -3.07. The summed E-state index contributed by atoms with van der Waals surface area (Å²) >= 11 is 0. The first kappa shape index (κ1) is 21.6. The number of aromatic hydroxyl groups is 1. The molecule has 2 aromatic rings. The lowest BCUT2D eigenvalue weighted by Crippen LogP contribution is -2.28. The molecule has 1 amide bonds. The zero-order valence-corrected chi connectivity index (χ0v) is 16.9. The summed E-state index contributed by atoms with van der Waals surface area (Å²) in [5, 5.41) is 20.0. The minimum Gasteiger partial charge on any atom is -0.505 e. The van der Waals surface area contributed by atoms with Gasteiger partial charge in [0, 0.05) is 24.6 Å². The molecule has 2 heterocycles. The van der Waals surface area contributed by atoms with Crippen LogP contribution in [-0.4, -0.2) is 38.4 Å². The van der Waals surface area contributed by atoms with Gasteiger partial charge in [0.05, 0.1) is 11.0 Å². The lowest BCUT2D eigenvalue weighted by Gasteiger charge is -2.25. The third-order valence-corrected chi connectivity index (χ3v) is 5.61. The molecule has 30 heavy (non-hydrogen) atoms. The molecule has 0 aliphatic carbocycles. The molecule has 0 saturated carbocycles. The molecule has 160 valence electrons. The van der Waals surface area contributed by atoms with Gasteiger partial charge in [-0.2, -0.15) is 9.12 Å². The number of Topliss-reactive ketones (excluding diaryl/α,β-unsaturated/α-hetero) is 1. The molecule has 1 fully saturated rings. The van der Waals surface area contributed by atoms with E-state index in [1.54, 1.807) is 20.8 Å². The van der Waals surface area contributed by atoms with Gasteiger partial charge in [-0.05, 0) is 38.0 Å². The van der Waals surface area contributed by atoms with Crippen molar-refractivity contribution in [1.82, 2.24) is 4.73 Å². The number of halogens is 2. The van der Waals surface area contributed by atoms with E-state index < -0.39 is 46.7 Å². The number of hydrogen-bond donors (Lipinski definition) is 2. The van der Waals surface area contributed by atoms with Crippen LogP contribution < -0.4 is 5.36 Å². The van der Waals surface area contributed by atoms with Gasteiger partial charge in [-0.1, -0.05) is 13.0 Å². The summed E-state index contributed by atoms with van der Waals surface area (Å²) < 4.78 is 34.0. The molecule has 9 heteroatoms. The summed E-state index contributed by atoms with van der Waals surface area (Å²) in [6.07, 6.45) is -0.00294. The smallest absolute Gasteiger partial charge is 0.276 e. The highest BCUT2D eigenvalue weighted by Gasteiger charge is 2.51. The highest BCUT2D eigenvalue weighted by atomic mass is 19.2. The van der Waals surface area contributed by atoms with Crippen LogP contribution in [0.4, 0.5) is 8.78 Å². The Morgan fingerprint density at radius 2 is 1.90 bits per heavy atom. The van der Waals surface area contributed by atoms with Gasteiger partial charge in [0.15, 0.2) is 17.3 Å². The molecule has 1 saturated heterocycles. The Morgan fingerprint density at radius 3 is 2.53 bits per heavy atom. The first-order chi connectivity index (χ1) is 13.9. The minimum absolute atomic E-state index is 0.0474. The van der Waals surface area contributed by atoms with Crippen LogP contribution >= 0.6 is 0 Å². The molecule has 0 unspecified atom stereocenters. The highest BCUT2D eigenvalue weighted by Crippen LogP contribution is 2.49. The van der Waals surface area contributed by atoms with Crippen LogP contribution in [-0.2, 0) is 9.53 Å². The standard InChI is InChI=1S/C21H22F2N2O5/c1-10-16(13-5-6-14(22)17(23)18(13)27)19(30-21(10,3)4)20(28)24-12-7-8-25(29)15(9-12)11(2)26/h5-10,16,19,27,29H,1-4H3/t10-,16-,19+/m0/s1. The highest BCUT2D eigenvalue weighted by molar-refractivity contribution is 5.92. The van der Waals surface area contributed by atoms with E-state index in [4.69, 9.17) is 4.74 Å². The van der Waals surface area contributed by atoms with E-state index >= 15 is 0 Å². The Morgan fingerprint density at radius 1 is 1.23 bits per heavy atom. The van der Waals surface area contributed by atoms with Crippen molar-refractivity contribution in [3.63, 3.8) is 0 Å². The summed E-state index contributed by atoms with van der Waals surface area (Å²) in [5.41, 5.74) is -0.834. The third-order valence-electron chi connectivity index (χ3n) is 5.61. The molecule has 0 spiro atoms. The zero-order chi connectivity index (χ0) is 22.4. The van der Waals surface area contributed by atoms with Gasteiger partial charge in [0.2, 0.25) is 5.82 Å². The third kappa shape index (κ3) is 3.72. The summed E-state index contributed by atoms with van der Waals surface area (Å²) in [5.74, 6) is -5.75. The topological polar surface area (TPSA) is 101 Å². The largest absolute Gasteiger partial charge is 0.505 e. The Labute approximate surface area is 171 Å². The van der Waals surface area contributed by atoms with E-state index in [1.165, 1.54) is 31.3 Å². The van der Waals surface area contributed by atoms with Crippen molar-refractivity contribution in [3.05, 3.63) is 58.7 Å². The average molecular weight is 420 g/mol. The fourth-order valence-electron chi connectivity index (χ4n) is 3.67. The second-order valence-electron chi connectivity index (χ2n) is 7.88. The lowest BCUT2D eigenvalue weighted by molar-refractivity contribution is -0.133. The normalized spacial score (nSPS) is 23.5. The van der Waals surface area contributed by atoms with Crippen molar-refractivity contribution in [2.45, 2.75) is 45.3 Å². The van der Waals surface area contributed by atoms with Crippen LogP contribution in [0.5, 0.6) is 5.75 Å². The first-order valence-corrected chi connectivity index (χ1v) is 9.30. The van der Waals surface area contributed by atoms with E-state index in [0.29, 0.717) is 4.73 Å². The predicted octanol–water partition coefficient (Wildman–Crippen LogP) is 2.94. The van der Waals surface area contributed by atoms with Crippen molar-refractivity contribution >= 4 is 11.7 Å². The quantitative estimate of drug-likeness (QED) is 0.587. The fraction of sp³-hybridized carbons (Fsp3) is 0.381. The number of amides is 1. The molecule has 0 bridgehead atoms. The van der Waals surface area contributed by atoms with Crippen LogP contribution in [0, 0.1) is 17.6 Å². The van der Waals surface area contributed by atoms with Crippen LogP contribution in [0.2, 0.25) is 0 Å². The summed E-state index contributed by atoms with van der Waals surface area (Å²) in [6, 6.07) is 4.69. The maximum absolute atomic E-state index is 14.0. The summed E-state index contributed by atoms with van der Waals surface area (Å²) in [4.78, 5) is 28.5. The number of hydrogen-bond acceptors (Lipinski definition) is 5. The Kier molecular flexibility index (Phi) is 5.51. The monoisotopic (exact) mass is 420 g/mol. The zero-order valence-electron chi connectivity index (χ0n) is 16.9. The van der Waals surface area contributed by atoms with Gasteiger partial charge in [0.25, 0.3) is 5.91 Å². The van der Waals surface area contributed by atoms with Crippen LogP contribution in [0.1, 0.15) is 49.7 Å². The van der Waals surface area contributed by atoms with Crippen LogP contribution in [0.25, 0.3) is 0 Å². The van der Waals surface area contributed by atoms with E-state index in [9.17, 15) is 28.7 Å². The maximum atomic E-state index is 14.0. The van der Waals surface area contributed by atoms with Crippen LogP contribution in [0.15, 0.2) is 35.5 Å². The van der Waals surface area contributed by atoms with Crippen molar-refractivity contribution in [3.8, 4) is 5.75 Å². The molecule has 3 atom stereocenters. The van der Waals surface area contributed by atoms with Gasteiger partial charge >= 0.3 is 0 Å². The van der Waals surface area contributed by atoms with E-state index in [2.05, 4.69) is 4.99 Å². The van der Waals surface area contributed by atoms with E-state index in [1.807, 2.05) is 0 Å². The van der Waals surface area contributed by atoms with Crippen molar-refractivity contribution in [2.24, 2.45) is 10.9 Å². The fourth-order valence-corrected chi connectivity index (χ4v) is 3.67.